The SMILES string of the molecule is CC1(C)CN(CCCCCC(=O)O)CCS1.Cl. The molecule has 1 aliphatic heterocycles. The number of halogens is 1. The van der Waals surface area contributed by atoms with Gasteiger partial charge in [0.05, 0.1) is 0 Å². The third kappa shape index (κ3) is 7.90. The molecule has 0 aliphatic carbocycles. The van der Waals surface area contributed by atoms with Crippen molar-refractivity contribution >= 4 is 30.1 Å². The highest BCUT2D eigenvalue weighted by atomic mass is 35.5. The largest absolute Gasteiger partial charge is 0.481 e. The van der Waals surface area contributed by atoms with Crippen LogP contribution in [-0.2, 0) is 4.79 Å². The monoisotopic (exact) mass is 281 g/mol. The molecular weight excluding hydrogens is 258 g/mol. The van der Waals surface area contributed by atoms with Crippen molar-refractivity contribution in [1.82, 2.24) is 4.90 Å². The maximum Gasteiger partial charge on any atom is 0.303 e. The Morgan fingerprint density at radius 1 is 1.35 bits per heavy atom. The molecule has 0 bridgehead atoms. The van der Waals surface area contributed by atoms with Gasteiger partial charge in [-0.1, -0.05) is 6.42 Å². The summed E-state index contributed by atoms with van der Waals surface area (Å²) in [5, 5.41) is 8.52. The van der Waals surface area contributed by atoms with E-state index in [9.17, 15) is 4.79 Å². The van der Waals surface area contributed by atoms with E-state index in [1.54, 1.807) is 0 Å². The molecule has 0 aromatic heterocycles. The fraction of sp³-hybridized carbons (Fsp3) is 0.917. The Kier molecular flexibility index (Phi) is 8.25. The Hall–Kier alpha value is 0.0700. The molecule has 0 spiro atoms. The summed E-state index contributed by atoms with van der Waals surface area (Å²) in [7, 11) is 0. The number of unbranched alkanes of at least 4 members (excludes halogenated alkanes) is 2. The normalized spacial score (nSPS) is 19.6. The minimum atomic E-state index is -0.671. The van der Waals surface area contributed by atoms with Crippen LogP contribution in [0.4, 0.5) is 0 Å². The summed E-state index contributed by atoms with van der Waals surface area (Å²) in [5.74, 6) is 0.554. The summed E-state index contributed by atoms with van der Waals surface area (Å²) < 4.78 is 0.388. The second-order valence-corrected chi connectivity index (χ2v) is 6.89. The minimum absolute atomic E-state index is 0. The maximum absolute atomic E-state index is 10.3. The molecule has 1 heterocycles. The molecule has 0 aromatic carbocycles. The van der Waals surface area contributed by atoms with Gasteiger partial charge < -0.3 is 10.0 Å². The predicted molar refractivity (Wildman–Crippen MR) is 76.3 cm³/mol. The van der Waals surface area contributed by atoms with Gasteiger partial charge in [0, 0.05) is 30.0 Å². The van der Waals surface area contributed by atoms with Gasteiger partial charge in [-0.25, -0.2) is 0 Å². The molecular formula is C12H24ClNO2S. The summed E-state index contributed by atoms with van der Waals surface area (Å²) in [6.45, 7) is 8.08. The van der Waals surface area contributed by atoms with Gasteiger partial charge >= 0.3 is 5.97 Å². The topological polar surface area (TPSA) is 40.5 Å². The molecule has 1 rings (SSSR count). The maximum atomic E-state index is 10.3. The first kappa shape index (κ1) is 17.1. The summed E-state index contributed by atoms with van der Waals surface area (Å²) in [5.41, 5.74) is 0. The standard InChI is InChI=1S/C12H23NO2S.ClH/c1-12(2)10-13(8-9-16-12)7-5-3-4-6-11(14)15;/h3-10H2,1-2H3,(H,14,15);1H. The number of carbonyl (C=O) groups is 1. The first-order chi connectivity index (χ1) is 7.49. The average molecular weight is 282 g/mol. The number of thioether (sulfide) groups is 1. The quantitative estimate of drug-likeness (QED) is 0.760. The highest BCUT2D eigenvalue weighted by molar-refractivity contribution is 8.00. The lowest BCUT2D eigenvalue weighted by Gasteiger charge is -2.37. The van der Waals surface area contributed by atoms with Crippen molar-refractivity contribution in [2.45, 2.75) is 44.3 Å². The Balaban J connectivity index is 0.00000256. The summed E-state index contributed by atoms with van der Waals surface area (Å²) in [6.07, 6.45) is 3.31. The average Bonchev–Trinajstić information content (AvgIpc) is 2.15. The van der Waals surface area contributed by atoms with Crippen LogP contribution in [0.25, 0.3) is 0 Å². The van der Waals surface area contributed by atoms with Crippen LogP contribution >= 0.6 is 24.2 Å². The van der Waals surface area contributed by atoms with Crippen LogP contribution in [0.5, 0.6) is 0 Å². The summed E-state index contributed by atoms with van der Waals surface area (Å²) in [4.78, 5) is 12.8. The van der Waals surface area contributed by atoms with Crippen LogP contribution in [0.15, 0.2) is 0 Å². The molecule has 3 nitrogen and oxygen atoms in total. The molecule has 1 aliphatic rings. The van der Waals surface area contributed by atoms with Crippen LogP contribution in [0.1, 0.15) is 39.5 Å². The lowest BCUT2D eigenvalue weighted by atomic mass is 10.1. The number of aliphatic carboxylic acids is 1. The van der Waals surface area contributed by atoms with Crippen LogP contribution < -0.4 is 0 Å². The van der Waals surface area contributed by atoms with Gasteiger partial charge in [-0.2, -0.15) is 11.8 Å². The number of nitrogens with zero attached hydrogens (tertiary/aromatic N) is 1. The third-order valence-electron chi connectivity index (χ3n) is 2.87. The molecule has 0 saturated carbocycles. The molecule has 0 amide bonds. The molecule has 1 fully saturated rings. The van der Waals surface area contributed by atoms with Gasteiger partial charge in [-0.15, -0.1) is 12.4 Å². The fourth-order valence-electron chi connectivity index (χ4n) is 2.09. The number of carboxylic acid groups (broad SMARTS) is 1. The van der Waals surface area contributed by atoms with Crippen molar-refractivity contribution in [3.8, 4) is 0 Å². The molecule has 0 aromatic rings. The van der Waals surface area contributed by atoms with Gasteiger partial charge in [0.2, 0.25) is 0 Å². The van der Waals surface area contributed by atoms with E-state index in [2.05, 4.69) is 30.5 Å². The van der Waals surface area contributed by atoms with Crippen molar-refractivity contribution < 1.29 is 9.90 Å². The van der Waals surface area contributed by atoms with Crippen LogP contribution in [0.2, 0.25) is 0 Å². The van der Waals surface area contributed by atoms with Gasteiger partial charge in [-0.05, 0) is 33.2 Å². The zero-order valence-electron chi connectivity index (χ0n) is 10.8. The van der Waals surface area contributed by atoms with E-state index in [1.807, 2.05) is 0 Å². The van der Waals surface area contributed by atoms with E-state index in [-0.39, 0.29) is 12.4 Å². The van der Waals surface area contributed by atoms with E-state index in [0.29, 0.717) is 11.2 Å². The van der Waals surface area contributed by atoms with E-state index in [4.69, 9.17) is 5.11 Å². The lowest BCUT2D eigenvalue weighted by Crippen LogP contribution is -2.43. The minimum Gasteiger partial charge on any atom is -0.481 e. The number of hydrogen-bond donors (Lipinski definition) is 1. The second kappa shape index (κ2) is 8.22. The van der Waals surface area contributed by atoms with E-state index in [1.165, 1.54) is 12.3 Å². The van der Waals surface area contributed by atoms with Crippen LogP contribution in [-0.4, -0.2) is 46.1 Å². The van der Waals surface area contributed by atoms with Crippen molar-refractivity contribution in [2.75, 3.05) is 25.4 Å². The number of carboxylic acids is 1. The Labute approximate surface area is 115 Å². The Morgan fingerprint density at radius 3 is 2.65 bits per heavy atom. The van der Waals surface area contributed by atoms with Crippen molar-refractivity contribution in [3.05, 3.63) is 0 Å². The van der Waals surface area contributed by atoms with Crippen molar-refractivity contribution in [3.63, 3.8) is 0 Å². The zero-order valence-corrected chi connectivity index (χ0v) is 12.4. The molecule has 0 atom stereocenters. The molecule has 1 N–H and O–H groups in total. The van der Waals surface area contributed by atoms with E-state index < -0.39 is 5.97 Å². The van der Waals surface area contributed by atoms with Crippen molar-refractivity contribution in [1.29, 1.82) is 0 Å². The van der Waals surface area contributed by atoms with Crippen LogP contribution in [0.3, 0.4) is 0 Å². The summed E-state index contributed by atoms with van der Waals surface area (Å²) in [6, 6.07) is 0. The van der Waals surface area contributed by atoms with Gasteiger partial charge in [0.1, 0.15) is 0 Å². The summed E-state index contributed by atoms with van der Waals surface area (Å²) >= 11 is 2.05. The van der Waals surface area contributed by atoms with Crippen LogP contribution in [0, 0.1) is 0 Å². The van der Waals surface area contributed by atoms with Gasteiger partial charge in [0.25, 0.3) is 0 Å². The molecule has 102 valence electrons. The molecule has 5 heteroatoms. The number of rotatable bonds is 6. The highest BCUT2D eigenvalue weighted by Crippen LogP contribution is 2.29. The molecule has 0 unspecified atom stereocenters. The number of hydrogen-bond acceptors (Lipinski definition) is 3. The first-order valence-corrected chi connectivity index (χ1v) is 7.06. The van der Waals surface area contributed by atoms with Gasteiger partial charge in [-0.3, -0.25) is 4.79 Å². The fourth-order valence-corrected chi connectivity index (χ4v) is 3.27. The highest BCUT2D eigenvalue weighted by Gasteiger charge is 2.26. The Bertz CT molecular complexity index is 237. The third-order valence-corrected chi connectivity index (χ3v) is 4.17. The molecule has 1 saturated heterocycles. The van der Waals surface area contributed by atoms with E-state index >= 15 is 0 Å². The second-order valence-electron chi connectivity index (χ2n) is 5.09. The van der Waals surface area contributed by atoms with Crippen molar-refractivity contribution in [2.24, 2.45) is 0 Å². The zero-order chi connectivity index (χ0) is 12.0. The molecule has 0 radical (unpaired) electrons. The predicted octanol–water partition coefficient (Wildman–Crippen LogP) is 2.88. The first-order valence-electron chi connectivity index (χ1n) is 6.08. The van der Waals surface area contributed by atoms with E-state index in [0.717, 1.165) is 32.4 Å². The smallest absolute Gasteiger partial charge is 0.303 e. The lowest BCUT2D eigenvalue weighted by molar-refractivity contribution is -0.137. The van der Waals surface area contributed by atoms with Gasteiger partial charge in [0.15, 0.2) is 0 Å². The molecule has 17 heavy (non-hydrogen) atoms. The Morgan fingerprint density at radius 2 is 2.06 bits per heavy atom.